The van der Waals surface area contributed by atoms with Crippen LogP contribution in [0.25, 0.3) is 22.3 Å². The van der Waals surface area contributed by atoms with Crippen LogP contribution in [0.15, 0.2) is 42.5 Å². The number of benzene rings is 2. The second kappa shape index (κ2) is 7.05. The maximum atomic E-state index is 10.1. The summed E-state index contributed by atoms with van der Waals surface area (Å²) >= 11 is 6.13. The molecule has 3 rings (SSSR count). The number of aromatic nitrogens is 2. The Morgan fingerprint density at radius 3 is 2.54 bits per heavy atom. The fourth-order valence-corrected chi connectivity index (χ4v) is 2.85. The predicted molar refractivity (Wildman–Crippen MR) is 99.6 cm³/mol. The summed E-state index contributed by atoms with van der Waals surface area (Å²) < 4.78 is 0. The average molecular weight is 342 g/mol. The first-order valence-electron chi connectivity index (χ1n) is 8.14. The van der Waals surface area contributed by atoms with Gasteiger partial charge in [-0.3, -0.25) is 0 Å². The Balaban J connectivity index is 2.19. The number of fused-ring (bicyclic) bond motifs is 1. The van der Waals surface area contributed by atoms with Crippen molar-refractivity contribution >= 4 is 28.3 Å². The van der Waals surface area contributed by atoms with Crippen molar-refractivity contribution < 1.29 is 5.11 Å². The van der Waals surface area contributed by atoms with Gasteiger partial charge in [0.2, 0.25) is 0 Å². The fourth-order valence-electron chi connectivity index (χ4n) is 2.68. The van der Waals surface area contributed by atoms with Gasteiger partial charge in [-0.1, -0.05) is 37.6 Å². The van der Waals surface area contributed by atoms with E-state index < -0.39 is 0 Å². The zero-order valence-corrected chi connectivity index (χ0v) is 14.5. The lowest BCUT2D eigenvalue weighted by molar-refractivity contribution is 0.477. The predicted octanol–water partition coefficient (Wildman–Crippen LogP) is 5.26. The van der Waals surface area contributed by atoms with E-state index >= 15 is 0 Å². The minimum Gasteiger partial charge on any atom is -0.507 e. The third kappa shape index (κ3) is 3.29. The molecule has 0 saturated carbocycles. The largest absolute Gasteiger partial charge is 0.507 e. The number of anilines is 1. The Kier molecular flexibility index (Phi) is 4.86. The second-order valence-corrected chi connectivity index (χ2v) is 6.17. The number of nitrogens with one attached hydrogen (secondary N) is 1. The summed E-state index contributed by atoms with van der Waals surface area (Å²) in [6, 6.07) is 13.0. The molecule has 1 heterocycles. The summed E-state index contributed by atoms with van der Waals surface area (Å²) in [5.74, 6) is 1.41. The van der Waals surface area contributed by atoms with E-state index in [1.165, 1.54) is 0 Å². The molecular weight excluding hydrogens is 322 g/mol. The van der Waals surface area contributed by atoms with Crippen LogP contribution in [0, 0.1) is 0 Å². The number of halogens is 1. The average Bonchev–Trinajstić information content (AvgIpc) is 2.59. The first kappa shape index (κ1) is 16.5. The van der Waals surface area contributed by atoms with Gasteiger partial charge in [0.1, 0.15) is 11.6 Å². The number of hydrogen-bond acceptors (Lipinski definition) is 4. The fraction of sp³-hybridized carbons (Fsp3) is 0.263. The van der Waals surface area contributed by atoms with Crippen molar-refractivity contribution in [1.82, 2.24) is 9.97 Å². The Morgan fingerprint density at radius 2 is 1.83 bits per heavy atom. The van der Waals surface area contributed by atoms with Gasteiger partial charge in [0.25, 0.3) is 0 Å². The normalized spacial score (nSPS) is 11.2. The van der Waals surface area contributed by atoms with E-state index in [9.17, 15) is 5.11 Å². The molecule has 0 spiro atoms. The molecule has 0 amide bonds. The monoisotopic (exact) mass is 341 g/mol. The third-order valence-electron chi connectivity index (χ3n) is 4.13. The van der Waals surface area contributed by atoms with E-state index in [1.807, 2.05) is 30.3 Å². The van der Waals surface area contributed by atoms with Gasteiger partial charge in [-0.2, -0.15) is 0 Å². The lowest BCUT2D eigenvalue weighted by Crippen LogP contribution is -2.18. The third-order valence-corrected chi connectivity index (χ3v) is 4.37. The lowest BCUT2D eigenvalue weighted by atomic mass is 10.1. The summed E-state index contributed by atoms with van der Waals surface area (Å²) in [5, 5.41) is 15.2. The molecule has 5 heteroatoms. The number of phenols is 1. The van der Waals surface area contributed by atoms with Crippen molar-refractivity contribution in [2.45, 2.75) is 32.7 Å². The highest BCUT2D eigenvalue weighted by Crippen LogP contribution is 2.31. The highest BCUT2D eigenvalue weighted by molar-refractivity contribution is 6.31. The smallest absolute Gasteiger partial charge is 0.165 e. The van der Waals surface area contributed by atoms with Crippen LogP contribution in [-0.2, 0) is 0 Å². The molecule has 124 valence electrons. The van der Waals surface area contributed by atoms with E-state index in [1.54, 1.807) is 12.1 Å². The van der Waals surface area contributed by atoms with Crippen molar-refractivity contribution in [2.75, 3.05) is 5.32 Å². The number of hydrogen-bond donors (Lipinski definition) is 2. The minimum absolute atomic E-state index is 0.160. The maximum absolute atomic E-state index is 10.1. The summed E-state index contributed by atoms with van der Waals surface area (Å²) in [6.45, 7) is 4.29. The highest BCUT2D eigenvalue weighted by atomic mass is 35.5. The molecule has 3 aromatic rings. The van der Waals surface area contributed by atoms with Crippen LogP contribution in [0.3, 0.4) is 0 Å². The summed E-state index contributed by atoms with van der Waals surface area (Å²) in [4.78, 5) is 9.26. The van der Waals surface area contributed by atoms with Gasteiger partial charge in [0, 0.05) is 16.5 Å². The molecule has 0 aliphatic heterocycles. The Labute approximate surface area is 146 Å². The first-order chi connectivity index (χ1) is 11.6. The molecule has 0 bridgehead atoms. The number of phenolic OH excluding ortho intramolecular Hbond substituents is 1. The molecule has 0 aliphatic rings. The van der Waals surface area contributed by atoms with Gasteiger partial charge in [-0.25, -0.2) is 9.97 Å². The van der Waals surface area contributed by atoms with Gasteiger partial charge >= 0.3 is 0 Å². The molecule has 0 saturated heterocycles. The minimum atomic E-state index is 0.160. The van der Waals surface area contributed by atoms with Gasteiger partial charge in [-0.05, 0) is 43.2 Å². The van der Waals surface area contributed by atoms with E-state index in [2.05, 4.69) is 29.1 Å². The molecule has 0 fully saturated rings. The quantitative estimate of drug-likeness (QED) is 0.664. The molecule has 1 aromatic heterocycles. The van der Waals surface area contributed by atoms with Crippen molar-refractivity contribution in [2.24, 2.45) is 0 Å². The topological polar surface area (TPSA) is 58.0 Å². The molecule has 0 unspecified atom stereocenters. The molecule has 2 N–H and O–H groups in total. The van der Waals surface area contributed by atoms with Crippen molar-refractivity contribution in [3.05, 3.63) is 47.5 Å². The Bertz CT molecular complexity index is 862. The van der Waals surface area contributed by atoms with E-state index in [-0.39, 0.29) is 5.75 Å². The Hall–Kier alpha value is -2.33. The first-order valence-corrected chi connectivity index (χ1v) is 8.52. The van der Waals surface area contributed by atoms with Gasteiger partial charge < -0.3 is 10.4 Å². The van der Waals surface area contributed by atoms with Crippen LogP contribution in [0.1, 0.15) is 26.7 Å². The number of nitrogens with zero attached hydrogens (tertiary/aromatic N) is 2. The zero-order valence-electron chi connectivity index (χ0n) is 13.8. The summed E-state index contributed by atoms with van der Waals surface area (Å²) in [6.07, 6.45) is 2.00. The highest BCUT2D eigenvalue weighted by Gasteiger charge is 2.14. The van der Waals surface area contributed by atoms with Crippen molar-refractivity contribution in [1.29, 1.82) is 0 Å². The summed E-state index contributed by atoms with van der Waals surface area (Å²) in [7, 11) is 0. The van der Waals surface area contributed by atoms with Crippen LogP contribution in [0.5, 0.6) is 5.75 Å². The maximum Gasteiger partial charge on any atom is 0.165 e. The number of rotatable bonds is 5. The van der Waals surface area contributed by atoms with E-state index in [4.69, 9.17) is 11.6 Å². The molecule has 0 aliphatic carbocycles. The van der Waals surface area contributed by atoms with Crippen LogP contribution in [-0.4, -0.2) is 21.1 Å². The number of aromatic hydroxyl groups is 1. The zero-order chi connectivity index (χ0) is 17.1. The van der Waals surface area contributed by atoms with Crippen LogP contribution >= 0.6 is 11.6 Å². The van der Waals surface area contributed by atoms with E-state index in [0.29, 0.717) is 22.5 Å². The molecule has 0 radical (unpaired) electrons. The molecule has 24 heavy (non-hydrogen) atoms. The molecule has 0 atom stereocenters. The van der Waals surface area contributed by atoms with Crippen LogP contribution < -0.4 is 5.32 Å². The molecule has 2 aromatic carbocycles. The van der Waals surface area contributed by atoms with Crippen molar-refractivity contribution in [3.63, 3.8) is 0 Å². The Morgan fingerprint density at radius 1 is 1.08 bits per heavy atom. The lowest BCUT2D eigenvalue weighted by Gasteiger charge is -2.18. The second-order valence-electron chi connectivity index (χ2n) is 5.73. The SMILES string of the molecule is CCC(CC)Nc1nc(-c2ccccc2O)nc2cc(Cl)ccc12. The van der Waals surface area contributed by atoms with E-state index in [0.717, 1.165) is 29.6 Å². The van der Waals surface area contributed by atoms with Crippen LogP contribution in [0.4, 0.5) is 5.82 Å². The van der Waals surface area contributed by atoms with Gasteiger partial charge in [0.15, 0.2) is 5.82 Å². The summed E-state index contributed by atoms with van der Waals surface area (Å²) in [5.41, 5.74) is 1.36. The standard InChI is InChI=1S/C19H20ClN3O/c1-3-13(4-2)21-18-14-10-9-12(20)11-16(14)22-19(23-18)15-7-5-6-8-17(15)24/h5-11,13,24H,3-4H2,1-2H3,(H,21,22,23). The molecule has 4 nitrogen and oxygen atoms in total. The number of para-hydroxylation sites is 1. The molecular formula is C19H20ClN3O. The van der Waals surface area contributed by atoms with Gasteiger partial charge in [-0.15, -0.1) is 0 Å². The van der Waals surface area contributed by atoms with Crippen LogP contribution in [0.2, 0.25) is 5.02 Å². The van der Waals surface area contributed by atoms with Gasteiger partial charge in [0.05, 0.1) is 11.1 Å². The van der Waals surface area contributed by atoms with Crippen molar-refractivity contribution in [3.8, 4) is 17.1 Å².